The van der Waals surface area contributed by atoms with E-state index in [0.717, 1.165) is 41.0 Å². The molecule has 1 saturated heterocycles. The minimum absolute atomic E-state index is 0.0103. The van der Waals surface area contributed by atoms with Crippen molar-refractivity contribution < 1.29 is 14.3 Å². The van der Waals surface area contributed by atoms with Crippen molar-refractivity contribution in [1.82, 2.24) is 15.3 Å². The van der Waals surface area contributed by atoms with Crippen LogP contribution in [0, 0.1) is 5.92 Å². The van der Waals surface area contributed by atoms with Crippen LogP contribution in [0.5, 0.6) is 11.5 Å². The number of fused-ring (bicyclic) bond motifs is 1. The summed E-state index contributed by atoms with van der Waals surface area (Å²) in [7, 11) is 1.63. The maximum absolute atomic E-state index is 13.2. The molecule has 4 rings (SSSR count). The van der Waals surface area contributed by atoms with E-state index in [1.54, 1.807) is 24.8 Å². The molecule has 2 aromatic heterocycles. The molecule has 1 aliphatic rings. The summed E-state index contributed by atoms with van der Waals surface area (Å²) in [6.07, 6.45) is 3.34. The predicted octanol–water partition coefficient (Wildman–Crippen LogP) is 4.58. The Balaban J connectivity index is 1.48. The molecule has 2 unspecified atom stereocenters. The summed E-state index contributed by atoms with van der Waals surface area (Å²) in [5, 5.41) is 6.20. The van der Waals surface area contributed by atoms with Crippen LogP contribution in [0.3, 0.4) is 0 Å². The number of nitrogens with zero attached hydrogens (tertiary/aromatic N) is 3. The molecule has 1 fully saturated rings. The van der Waals surface area contributed by atoms with Crippen LogP contribution in [-0.2, 0) is 4.79 Å². The summed E-state index contributed by atoms with van der Waals surface area (Å²) in [4.78, 5) is 25.1. The van der Waals surface area contributed by atoms with Gasteiger partial charge in [0.15, 0.2) is 11.5 Å². The Morgan fingerprint density at radius 3 is 2.88 bits per heavy atom. The van der Waals surface area contributed by atoms with E-state index in [1.165, 1.54) is 0 Å². The number of methoxy groups -OCH3 is 1. The largest absolute Gasteiger partial charge is 0.493 e. The second-order valence-electron chi connectivity index (χ2n) is 8.53. The molecular formula is C24H30N4O3S. The average Bonchev–Trinajstić information content (AvgIpc) is 3.46. The molecule has 0 spiro atoms. The molecule has 2 atom stereocenters. The van der Waals surface area contributed by atoms with E-state index in [4.69, 9.17) is 9.47 Å². The van der Waals surface area contributed by atoms with Gasteiger partial charge in [0.05, 0.1) is 25.1 Å². The number of carbonyl (C=O) groups is 1. The summed E-state index contributed by atoms with van der Waals surface area (Å²) in [5.74, 6) is 2.67. The highest BCUT2D eigenvalue weighted by Crippen LogP contribution is 2.33. The molecule has 7 nitrogen and oxygen atoms in total. The molecule has 3 heterocycles. The number of rotatable bonds is 8. The molecule has 0 aliphatic carbocycles. The molecule has 1 aliphatic heterocycles. The number of hydrogen-bond donors (Lipinski definition) is 1. The molecule has 1 aromatic carbocycles. The van der Waals surface area contributed by atoms with Crippen molar-refractivity contribution in [3.63, 3.8) is 0 Å². The van der Waals surface area contributed by atoms with Crippen LogP contribution in [0.25, 0.3) is 10.2 Å². The van der Waals surface area contributed by atoms with Crippen molar-refractivity contribution in [2.75, 3.05) is 25.2 Å². The maximum Gasteiger partial charge on any atom is 0.243 e. The van der Waals surface area contributed by atoms with Gasteiger partial charge >= 0.3 is 0 Å². The summed E-state index contributed by atoms with van der Waals surface area (Å²) < 4.78 is 11.4. The molecular weight excluding hydrogens is 424 g/mol. The second kappa shape index (κ2) is 9.73. The third-order valence-corrected chi connectivity index (χ3v) is 6.51. The molecule has 0 bridgehead atoms. The van der Waals surface area contributed by atoms with Crippen LogP contribution in [0.4, 0.5) is 5.82 Å². The van der Waals surface area contributed by atoms with Gasteiger partial charge < -0.3 is 19.7 Å². The standard InChI is InChI=1S/C24H30N4O3S/c1-15(2)13-31-20-8-7-17(12-21(20)30-4)16(3)27-23(29)19-6-5-10-28(19)22-18-9-11-32-24(18)26-14-25-22/h7-9,11-12,14-16,19H,5-6,10,13H2,1-4H3,(H,27,29). The average molecular weight is 455 g/mol. The first-order valence-corrected chi connectivity index (χ1v) is 11.9. The van der Waals surface area contributed by atoms with Crippen LogP contribution in [0.2, 0.25) is 0 Å². The van der Waals surface area contributed by atoms with Crippen LogP contribution in [0.15, 0.2) is 36.0 Å². The quantitative estimate of drug-likeness (QED) is 0.537. The summed E-state index contributed by atoms with van der Waals surface area (Å²) in [6, 6.07) is 7.45. The van der Waals surface area contributed by atoms with E-state index in [9.17, 15) is 4.79 Å². The highest BCUT2D eigenvalue weighted by molar-refractivity contribution is 7.16. The van der Waals surface area contributed by atoms with Gasteiger partial charge in [0, 0.05) is 6.54 Å². The SMILES string of the molecule is COc1cc(C(C)NC(=O)C2CCCN2c2ncnc3sccc23)ccc1OCC(C)C. The van der Waals surface area contributed by atoms with Gasteiger partial charge in [0.2, 0.25) is 5.91 Å². The number of anilines is 1. The fourth-order valence-electron chi connectivity index (χ4n) is 4.02. The van der Waals surface area contributed by atoms with Crippen molar-refractivity contribution in [2.45, 2.75) is 45.7 Å². The second-order valence-corrected chi connectivity index (χ2v) is 9.43. The zero-order chi connectivity index (χ0) is 22.7. The number of ether oxygens (including phenoxy) is 2. The highest BCUT2D eigenvalue weighted by Gasteiger charge is 2.33. The molecule has 0 saturated carbocycles. The minimum atomic E-state index is -0.244. The summed E-state index contributed by atoms with van der Waals surface area (Å²) >= 11 is 1.59. The Morgan fingerprint density at radius 1 is 1.25 bits per heavy atom. The lowest BCUT2D eigenvalue weighted by atomic mass is 10.1. The first kappa shape index (κ1) is 22.3. The monoisotopic (exact) mass is 454 g/mol. The fourth-order valence-corrected chi connectivity index (χ4v) is 4.75. The molecule has 1 amide bonds. The van der Waals surface area contributed by atoms with Crippen LogP contribution in [-0.4, -0.2) is 42.2 Å². The minimum Gasteiger partial charge on any atom is -0.493 e. The van der Waals surface area contributed by atoms with Crippen LogP contribution >= 0.6 is 11.3 Å². The van der Waals surface area contributed by atoms with E-state index in [-0.39, 0.29) is 18.0 Å². The van der Waals surface area contributed by atoms with Gasteiger partial charge in [-0.1, -0.05) is 19.9 Å². The van der Waals surface area contributed by atoms with Gasteiger partial charge in [-0.2, -0.15) is 0 Å². The van der Waals surface area contributed by atoms with Crippen molar-refractivity contribution in [2.24, 2.45) is 5.92 Å². The lowest BCUT2D eigenvalue weighted by molar-refractivity contribution is -0.122. The smallest absolute Gasteiger partial charge is 0.243 e. The van der Waals surface area contributed by atoms with E-state index >= 15 is 0 Å². The zero-order valence-corrected chi connectivity index (χ0v) is 19.8. The Bertz CT molecular complexity index is 1080. The van der Waals surface area contributed by atoms with E-state index in [0.29, 0.717) is 24.0 Å². The van der Waals surface area contributed by atoms with Gasteiger partial charge in [-0.05, 0) is 54.8 Å². The van der Waals surface area contributed by atoms with E-state index in [2.05, 4.69) is 34.0 Å². The lowest BCUT2D eigenvalue weighted by Gasteiger charge is -2.27. The van der Waals surface area contributed by atoms with E-state index < -0.39 is 0 Å². The van der Waals surface area contributed by atoms with Gasteiger partial charge in [-0.25, -0.2) is 9.97 Å². The van der Waals surface area contributed by atoms with Gasteiger partial charge in [0.1, 0.15) is 23.0 Å². The molecule has 1 N–H and O–H groups in total. The number of amides is 1. The first-order chi connectivity index (χ1) is 15.5. The Labute approximate surface area is 192 Å². The molecule has 3 aromatic rings. The third kappa shape index (κ3) is 4.65. The topological polar surface area (TPSA) is 76.6 Å². The fraction of sp³-hybridized carbons (Fsp3) is 0.458. The Hall–Kier alpha value is -2.87. The summed E-state index contributed by atoms with van der Waals surface area (Å²) in [5.41, 5.74) is 0.971. The van der Waals surface area contributed by atoms with Crippen molar-refractivity contribution in [3.05, 3.63) is 41.5 Å². The number of hydrogen-bond acceptors (Lipinski definition) is 7. The third-order valence-electron chi connectivity index (χ3n) is 5.69. The lowest BCUT2D eigenvalue weighted by Crippen LogP contribution is -2.44. The first-order valence-electron chi connectivity index (χ1n) is 11.0. The predicted molar refractivity (Wildman–Crippen MR) is 128 cm³/mol. The summed E-state index contributed by atoms with van der Waals surface area (Å²) in [6.45, 7) is 7.64. The molecule has 170 valence electrons. The van der Waals surface area contributed by atoms with Gasteiger partial charge in [-0.3, -0.25) is 4.79 Å². The zero-order valence-electron chi connectivity index (χ0n) is 19.0. The van der Waals surface area contributed by atoms with Crippen molar-refractivity contribution in [1.29, 1.82) is 0 Å². The van der Waals surface area contributed by atoms with Crippen molar-refractivity contribution >= 4 is 33.3 Å². The maximum atomic E-state index is 13.2. The van der Waals surface area contributed by atoms with Crippen molar-refractivity contribution in [3.8, 4) is 11.5 Å². The Kier molecular flexibility index (Phi) is 6.79. The number of thiophene rings is 1. The molecule has 0 radical (unpaired) electrons. The van der Waals surface area contributed by atoms with E-state index in [1.807, 2.05) is 36.6 Å². The highest BCUT2D eigenvalue weighted by atomic mass is 32.1. The number of carbonyl (C=O) groups excluding carboxylic acids is 1. The normalized spacial score (nSPS) is 17.0. The number of benzene rings is 1. The number of aromatic nitrogens is 2. The Morgan fingerprint density at radius 2 is 2.09 bits per heavy atom. The van der Waals surface area contributed by atoms with Crippen LogP contribution in [0.1, 0.15) is 45.2 Å². The van der Waals surface area contributed by atoms with Gasteiger partial charge in [-0.15, -0.1) is 11.3 Å². The van der Waals surface area contributed by atoms with Gasteiger partial charge in [0.25, 0.3) is 0 Å². The number of nitrogens with one attached hydrogen (secondary N) is 1. The van der Waals surface area contributed by atoms with Crippen LogP contribution < -0.4 is 19.7 Å². The molecule has 8 heteroatoms. The molecule has 32 heavy (non-hydrogen) atoms.